The summed E-state index contributed by atoms with van der Waals surface area (Å²) in [6.45, 7) is 5.98. The van der Waals surface area contributed by atoms with Gasteiger partial charge in [-0.25, -0.2) is 4.39 Å². The average molecular weight is 433 g/mol. The van der Waals surface area contributed by atoms with E-state index >= 15 is 0 Å². The Hall–Kier alpha value is -2.64. The van der Waals surface area contributed by atoms with Gasteiger partial charge in [0.15, 0.2) is 5.11 Å². The van der Waals surface area contributed by atoms with Crippen molar-refractivity contribution >= 4 is 40.3 Å². The van der Waals surface area contributed by atoms with E-state index in [1.54, 1.807) is 23.9 Å². The summed E-state index contributed by atoms with van der Waals surface area (Å²) >= 11 is 11.6. The van der Waals surface area contributed by atoms with Gasteiger partial charge in [0.2, 0.25) is 0 Å². The molecule has 2 N–H and O–H groups in total. The van der Waals surface area contributed by atoms with Crippen LogP contribution < -0.4 is 15.4 Å². The van der Waals surface area contributed by atoms with Crippen molar-refractivity contribution in [2.24, 2.45) is 0 Å². The zero-order valence-corrected chi connectivity index (χ0v) is 18.2. The molecule has 152 valence electrons. The Bertz CT molecular complexity index is 1050. The average Bonchev–Trinajstić information content (AvgIpc) is 2.92. The van der Waals surface area contributed by atoms with Gasteiger partial charge < -0.3 is 15.4 Å². The van der Waals surface area contributed by atoms with Crippen molar-refractivity contribution in [2.45, 2.75) is 27.3 Å². The summed E-state index contributed by atoms with van der Waals surface area (Å²) in [4.78, 5) is 0. The molecule has 0 aliphatic carbocycles. The first-order valence-corrected chi connectivity index (χ1v) is 9.78. The largest absolute Gasteiger partial charge is 0.495 e. The van der Waals surface area contributed by atoms with Crippen molar-refractivity contribution in [3.8, 4) is 5.75 Å². The number of aromatic nitrogens is 2. The number of anilines is 2. The number of thiocarbonyl (C=S) groups is 1. The molecule has 1 aromatic heterocycles. The zero-order chi connectivity index (χ0) is 21.1. The minimum Gasteiger partial charge on any atom is -0.495 e. The van der Waals surface area contributed by atoms with Gasteiger partial charge in [-0.2, -0.15) is 5.10 Å². The van der Waals surface area contributed by atoms with Crippen molar-refractivity contribution in [3.05, 3.63) is 69.8 Å². The molecule has 8 heteroatoms. The summed E-state index contributed by atoms with van der Waals surface area (Å²) in [5, 5.41) is 11.6. The Labute approximate surface area is 179 Å². The van der Waals surface area contributed by atoms with Gasteiger partial charge in [0, 0.05) is 10.6 Å². The Balaban J connectivity index is 1.80. The first-order chi connectivity index (χ1) is 13.8. The minimum atomic E-state index is -0.358. The van der Waals surface area contributed by atoms with E-state index in [0.29, 0.717) is 21.4 Å². The number of rotatable bonds is 5. The third kappa shape index (κ3) is 4.68. The fourth-order valence-electron chi connectivity index (χ4n) is 3.05. The number of nitrogens with one attached hydrogen (secondary N) is 2. The normalized spacial score (nSPS) is 10.7. The lowest BCUT2D eigenvalue weighted by molar-refractivity contribution is 0.417. The Kier molecular flexibility index (Phi) is 6.39. The Morgan fingerprint density at radius 2 is 1.97 bits per heavy atom. The van der Waals surface area contributed by atoms with Crippen LogP contribution in [0.3, 0.4) is 0 Å². The molecule has 0 spiro atoms. The van der Waals surface area contributed by atoms with Gasteiger partial charge in [0.1, 0.15) is 11.6 Å². The maximum atomic E-state index is 14.1. The van der Waals surface area contributed by atoms with E-state index in [9.17, 15) is 4.39 Å². The molecule has 0 unspecified atom stereocenters. The van der Waals surface area contributed by atoms with Crippen molar-refractivity contribution in [1.29, 1.82) is 0 Å². The smallest absolute Gasteiger partial charge is 0.175 e. The lowest BCUT2D eigenvalue weighted by Crippen LogP contribution is -2.20. The Morgan fingerprint density at radius 3 is 2.66 bits per heavy atom. The molecule has 29 heavy (non-hydrogen) atoms. The Morgan fingerprint density at radius 1 is 1.21 bits per heavy atom. The van der Waals surface area contributed by atoms with Gasteiger partial charge in [-0.05, 0) is 62.8 Å². The van der Waals surface area contributed by atoms with Crippen molar-refractivity contribution in [2.75, 3.05) is 17.7 Å². The van der Waals surface area contributed by atoms with Crippen LogP contribution in [0.1, 0.15) is 22.5 Å². The highest BCUT2D eigenvalue weighted by atomic mass is 35.5. The first kappa shape index (κ1) is 21.1. The van der Waals surface area contributed by atoms with Crippen LogP contribution in [0, 0.1) is 26.6 Å². The van der Waals surface area contributed by atoms with Gasteiger partial charge in [-0.15, -0.1) is 0 Å². The number of halogens is 2. The highest BCUT2D eigenvalue weighted by molar-refractivity contribution is 7.80. The quantitative estimate of drug-likeness (QED) is 0.524. The summed E-state index contributed by atoms with van der Waals surface area (Å²) in [6, 6.07) is 10.4. The SMILES string of the molecule is COc1ccc(C)cc1NC(=S)Nc1c(C)nn(Cc2c(F)cccc2Cl)c1C. The molecule has 0 amide bonds. The lowest BCUT2D eigenvalue weighted by atomic mass is 10.2. The maximum absolute atomic E-state index is 14.1. The van der Waals surface area contributed by atoms with Crippen molar-refractivity contribution in [3.63, 3.8) is 0 Å². The van der Waals surface area contributed by atoms with Crippen LogP contribution in [-0.2, 0) is 6.54 Å². The number of methoxy groups -OCH3 is 1. The second-order valence-electron chi connectivity index (χ2n) is 6.69. The second-order valence-corrected chi connectivity index (χ2v) is 7.50. The summed E-state index contributed by atoms with van der Waals surface area (Å²) in [6.07, 6.45) is 0. The molecule has 5 nitrogen and oxygen atoms in total. The molecule has 0 aliphatic rings. The first-order valence-electron chi connectivity index (χ1n) is 8.99. The summed E-state index contributed by atoms with van der Waals surface area (Å²) in [7, 11) is 1.61. The van der Waals surface area contributed by atoms with E-state index in [0.717, 1.165) is 28.3 Å². The third-order valence-electron chi connectivity index (χ3n) is 4.59. The van der Waals surface area contributed by atoms with Crippen LogP contribution in [0.4, 0.5) is 15.8 Å². The molecule has 1 heterocycles. The molecule has 2 aromatic carbocycles. The van der Waals surface area contributed by atoms with Crippen molar-refractivity contribution < 1.29 is 9.13 Å². The van der Waals surface area contributed by atoms with Crippen LogP contribution in [-0.4, -0.2) is 22.0 Å². The van der Waals surface area contributed by atoms with E-state index < -0.39 is 0 Å². The molecule has 0 aliphatic heterocycles. The van der Waals surface area contributed by atoms with Gasteiger partial charge in [0.05, 0.1) is 36.4 Å². The number of ether oxygens (including phenoxy) is 1. The number of hydrogen-bond donors (Lipinski definition) is 2. The minimum absolute atomic E-state index is 0.228. The number of hydrogen-bond acceptors (Lipinski definition) is 3. The summed E-state index contributed by atoms with van der Waals surface area (Å²) in [5.74, 6) is 0.335. The molecule has 0 atom stereocenters. The molecule has 0 saturated carbocycles. The molecular formula is C21H22ClFN4OS. The fraction of sp³-hybridized carbons (Fsp3) is 0.238. The van der Waals surface area contributed by atoms with E-state index in [4.69, 9.17) is 28.6 Å². The third-order valence-corrected chi connectivity index (χ3v) is 5.15. The maximum Gasteiger partial charge on any atom is 0.175 e. The summed E-state index contributed by atoms with van der Waals surface area (Å²) in [5.41, 5.74) is 4.58. The fourth-order valence-corrected chi connectivity index (χ4v) is 3.49. The van der Waals surface area contributed by atoms with Gasteiger partial charge in [-0.1, -0.05) is 23.7 Å². The van der Waals surface area contributed by atoms with Crippen LogP contribution in [0.2, 0.25) is 5.02 Å². The number of nitrogens with zero attached hydrogens (tertiary/aromatic N) is 2. The van der Waals surface area contributed by atoms with Gasteiger partial charge >= 0.3 is 0 Å². The molecule has 0 saturated heterocycles. The molecule has 0 bridgehead atoms. The molecular weight excluding hydrogens is 411 g/mol. The van der Waals surface area contributed by atoms with E-state index in [1.807, 2.05) is 39.0 Å². The highest BCUT2D eigenvalue weighted by Gasteiger charge is 2.16. The van der Waals surface area contributed by atoms with Gasteiger partial charge in [-0.3, -0.25) is 4.68 Å². The molecule has 0 fully saturated rings. The van der Waals surface area contributed by atoms with Crippen LogP contribution in [0.5, 0.6) is 5.75 Å². The molecule has 0 radical (unpaired) electrons. The predicted octanol–water partition coefficient (Wildman–Crippen LogP) is 5.47. The monoisotopic (exact) mass is 432 g/mol. The molecule has 3 aromatic rings. The second kappa shape index (κ2) is 8.80. The van der Waals surface area contributed by atoms with E-state index in [1.165, 1.54) is 6.07 Å². The lowest BCUT2D eigenvalue weighted by Gasteiger charge is -2.14. The van der Waals surface area contributed by atoms with E-state index in [-0.39, 0.29) is 12.4 Å². The summed E-state index contributed by atoms with van der Waals surface area (Å²) < 4.78 is 21.2. The standard InChI is InChI=1S/C21H22ClFN4OS/c1-12-8-9-19(28-4)18(10-12)24-21(29)25-20-13(2)26-27(14(20)3)11-15-16(22)6-5-7-17(15)23/h5-10H,11H2,1-4H3,(H2,24,25,29). The van der Waals surface area contributed by atoms with Crippen molar-refractivity contribution in [1.82, 2.24) is 9.78 Å². The highest BCUT2D eigenvalue weighted by Crippen LogP contribution is 2.27. The van der Waals surface area contributed by atoms with Crippen LogP contribution >= 0.6 is 23.8 Å². The van der Waals surface area contributed by atoms with Crippen LogP contribution in [0.15, 0.2) is 36.4 Å². The van der Waals surface area contributed by atoms with E-state index in [2.05, 4.69) is 15.7 Å². The number of aryl methyl sites for hydroxylation is 2. The molecule has 3 rings (SSSR count). The van der Waals surface area contributed by atoms with Crippen LogP contribution in [0.25, 0.3) is 0 Å². The predicted molar refractivity (Wildman–Crippen MR) is 120 cm³/mol. The van der Waals surface area contributed by atoms with Gasteiger partial charge in [0.25, 0.3) is 0 Å². The topological polar surface area (TPSA) is 51.1 Å². The zero-order valence-electron chi connectivity index (χ0n) is 16.6. The number of benzene rings is 2.